The van der Waals surface area contributed by atoms with Gasteiger partial charge in [-0.1, -0.05) is 25.1 Å². The van der Waals surface area contributed by atoms with Gasteiger partial charge < -0.3 is 10.2 Å². The van der Waals surface area contributed by atoms with E-state index < -0.39 is 0 Å². The normalized spacial score (nSPS) is 15.8. The topological polar surface area (TPSA) is 41.1 Å². The van der Waals surface area contributed by atoms with Crippen molar-refractivity contribution < 1.29 is 0 Å². The number of aromatic nitrogens is 2. The van der Waals surface area contributed by atoms with Crippen LogP contribution in [-0.4, -0.2) is 29.1 Å². The average molecular weight is 296 g/mol. The lowest BCUT2D eigenvalue weighted by Crippen LogP contribution is -2.39. The molecule has 4 nitrogen and oxygen atoms in total. The average Bonchev–Trinajstić information content (AvgIpc) is 2.57. The van der Waals surface area contributed by atoms with Gasteiger partial charge in [-0.05, 0) is 38.3 Å². The molecule has 1 aliphatic rings. The summed E-state index contributed by atoms with van der Waals surface area (Å²) in [6.07, 6.45) is 5.19. The van der Waals surface area contributed by atoms with Crippen LogP contribution in [0, 0.1) is 6.92 Å². The summed E-state index contributed by atoms with van der Waals surface area (Å²) in [5.74, 6) is 1.86. The maximum atomic E-state index is 4.58. The Balaban J connectivity index is 1.62. The number of anilines is 2. The molecule has 2 heterocycles. The van der Waals surface area contributed by atoms with Crippen molar-refractivity contribution in [3.05, 3.63) is 47.9 Å². The smallest absolute Gasteiger partial charge is 0.133 e. The Hall–Kier alpha value is -2.10. The summed E-state index contributed by atoms with van der Waals surface area (Å²) in [4.78, 5) is 11.3. The molecule has 0 radical (unpaired) electrons. The van der Waals surface area contributed by atoms with Crippen LogP contribution in [0.3, 0.4) is 0 Å². The van der Waals surface area contributed by atoms with Crippen molar-refractivity contribution in [2.45, 2.75) is 39.2 Å². The first-order valence-electron chi connectivity index (χ1n) is 8.15. The molecule has 0 bridgehead atoms. The van der Waals surface area contributed by atoms with E-state index in [0.717, 1.165) is 44.0 Å². The van der Waals surface area contributed by atoms with Crippen molar-refractivity contribution in [2.24, 2.45) is 0 Å². The third-order valence-electron chi connectivity index (χ3n) is 4.32. The summed E-state index contributed by atoms with van der Waals surface area (Å²) >= 11 is 0. The first-order valence-corrected chi connectivity index (χ1v) is 8.15. The zero-order valence-corrected chi connectivity index (χ0v) is 13.4. The molecule has 0 aliphatic carbocycles. The lowest BCUT2D eigenvalue weighted by Gasteiger charge is -2.34. The summed E-state index contributed by atoms with van der Waals surface area (Å²) in [7, 11) is 0. The van der Waals surface area contributed by atoms with Crippen LogP contribution < -0.4 is 10.2 Å². The van der Waals surface area contributed by atoms with Crippen LogP contribution in [-0.2, 0) is 6.42 Å². The van der Waals surface area contributed by atoms with Gasteiger partial charge in [-0.3, -0.25) is 0 Å². The maximum Gasteiger partial charge on any atom is 0.133 e. The zero-order chi connectivity index (χ0) is 15.4. The second-order valence-electron chi connectivity index (χ2n) is 5.89. The highest BCUT2D eigenvalue weighted by molar-refractivity contribution is 5.48. The fourth-order valence-corrected chi connectivity index (χ4v) is 2.99. The third-order valence-corrected chi connectivity index (χ3v) is 4.32. The third kappa shape index (κ3) is 3.38. The first-order chi connectivity index (χ1) is 10.8. The molecule has 3 rings (SSSR count). The van der Waals surface area contributed by atoms with Crippen molar-refractivity contribution in [3.63, 3.8) is 0 Å². The second-order valence-corrected chi connectivity index (χ2v) is 5.89. The van der Waals surface area contributed by atoms with Gasteiger partial charge in [0.15, 0.2) is 0 Å². The monoisotopic (exact) mass is 296 g/mol. The van der Waals surface area contributed by atoms with E-state index >= 15 is 0 Å². The van der Waals surface area contributed by atoms with Crippen molar-refractivity contribution in [3.8, 4) is 0 Å². The van der Waals surface area contributed by atoms with E-state index in [1.54, 1.807) is 0 Å². The SMILES string of the molecule is CCc1cnc(C)nc1NC1CCN(c2ccccc2)CC1. The van der Waals surface area contributed by atoms with Crippen LogP contribution >= 0.6 is 0 Å². The molecule has 0 unspecified atom stereocenters. The van der Waals surface area contributed by atoms with Crippen molar-refractivity contribution in [2.75, 3.05) is 23.3 Å². The number of hydrogen-bond donors (Lipinski definition) is 1. The van der Waals surface area contributed by atoms with Gasteiger partial charge in [0.1, 0.15) is 11.6 Å². The van der Waals surface area contributed by atoms with Gasteiger partial charge >= 0.3 is 0 Å². The van der Waals surface area contributed by atoms with Gasteiger partial charge in [-0.2, -0.15) is 0 Å². The molecule has 1 aromatic carbocycles. The molecule has 22 heavy (non-hydrogen) atoms. The van der Waals surface area contributed by atoms with Crippen LogP contribution in [0.4, 0.5) is 11.5 Å². The highest BCUT2D eigenvalue weighted by Gasteiger charge is 2.20. The van der Waals surface area contributed by atoms with Gasteiger partial charge in [-0.25, -0.2) is 9.97 Å². The Morgan fingerprint density at radius 1 is 1.18 bits per heavy atom. The van der Waals surface area contributed by atoms with Gasteiger partial charge in [0.2, 0.25) is 0 Å². The summed E-state index contributed by atoms with van der Waals surface area (Å²) in [5, 5.41) is 3.64. The van der Waals surface area contributed by atoms with Crippen LogP contribution in [0.1, 0.15) is 31.2 Å². The Bertz CT molecular complexity index is 604. The van der Waals surface area contributed by atoms with Crippen LogP contribution in [0.15, 0.2) is 36.5 Å². The number of aryl methyl sites for hydroxylation is 2. The van der Waals surface area contributed by atoms with Gasteiger partial charge in [0.25, 0.3) is 0 Å². The van der Waals surface area contributed by atoms with E-state index in [9.17, 15) is 0 Å². The molecule has 0 saturated carbocycles. The number of piperidine rings is 1. The molecular formula is C18H24N4. The molecule has 2 aromatic rings. The van der Waals surface area contributed by atoms with E-state index in [0.29, 0.717) is 6.04 Å². The molecule has 1 aliphatic heterocycles. The Morgan fingerprint density at radius 3 is 2.59 bits per heavy atom. The van der Waals surface area contributed by atoms with E-state index in [-0.39, 0.29) is 0 Å². The number of para-hydroxylation sites is 1. The van der Waals surface area contributed by atoms with Gasteiger partial charge in [-0.15, -0.1) is 0 Å². The summed E-state index contributed by atoms with van der Waals surface area (Å²) in [6.45, 7) is 6.28. The summed E-state index contributed by atoms with van der Waals surface area (Å²) < 4.78 is 0. The number of nitrogens with one attached hydrogen (secondary N) is 1. The summed E-state index contributed by atoms with van der Waals surface area (Å²) in [5.41, 5.74) is 2.53. The lowest BCUT2D eigenvalue weighted by atomic mass is 10.0. The fourth-order valence-electron chi connectivity index (χ4n) is 2.99. The molecule has 1 saturated heterocycles. The number of rotatable bonds is 4. The van der Waals surface area contributed by atoms with Crippen LogP contribution in [0.2, 0.25) is 0 Å². The molecule has 116 valence electrons. The lowest BCUT2D eigenvalue weighted by molar-refractivity contribution is 0.525. The first kappa shape index (κ1) is 14.8. The predicted octanol–water partition coefficient (Wildman–Crippen LogP) is 3.43. The predicted molar refractivity (Wildman–Crippen MR) is 91.4 cm³/mol. The van der Waals surface area contributed by atoms with Crippen LogP contribution in [0.25, 0.3) is 0 Å². The fraction of sp³-hybridized carbons (Fsp3) is 0.444. The molecular weight excluding hydrogens is 272 g/mol. The maximum absolute atomic E-state index is 4.58. The van der Waals surface area contributed by atoms with Crippen molar-refractivity contribution in [1.82, 2.24) is 9.97 Å². The minimum atomic E-state index is 0.500. The standard InChI is InChI=1S/C18H24N4/c1-3-15-13-19-14(2)20-18(15)21-16-9-11-22(12-10-16)17-7-5-4-6-8-17/h4-8,13,16H,3,9-12H2,1-2H3,(H,19,20,21). The Kier molecular flexibility index (Phi) is 4.56. The zero-order valence-electron chi connectivity index (χ0n) is 13.4. The van der Waals surface area contributed by atoms with E-state index in [2.05, 4.69) is 57.4 Å². The quantitative estimate of drug-likeness (QED) is 0.938. The minimum Gasteiger partial charge on any atom is -0.371 e. The van der Waals surface area contributed by atoms with Crippen LogP contribution in [0.5, 0.6) is 0 Å². The number of nitrogens with zero attached hydrogens (tertiary/aromatic N) is 3. The number of benzene rings is 1. The molecule has 0 atom stereocenters. The molecule has 1 aromatic heterocycles. The van der Waals surface area contributed by atoms with Crippen molar-refractivity contribution >= 4 is 11.5 Å². The molecule has 1 N–H and O–H groups in total. The largest absolute Gasteiger partial charge is 0.371 e. The number of hydrogen-bond acceptors (Lipinski definition) is 4. The molecule has 1 fully saturated rings. The highest BCUT2D eigenvalue weighted by Crippen LogP contribution is 2.22. The minimum absolute atomic E-state index is 0.500. The van der Waals surface area contributed by atoms with E-state index in [1.807, 2.05) is 13.1 Å². The highest BCUT2D eigenvalue weighted by atomic mass is 15.2. The van der Waals surface area contributed by atoms with Crippen molar-refractivity contribution in [1.29, 1.82) is 0 Å². The Labute approximate surface area is 132 Å². The Morgan fingerprint density at radius 2 is 1.91 bits per heavy atom. The van der Waals surface area contributed by atoms with E-state index in [4.69, 9.17) is 0 Å². The van der Waals surface area contributed by atoms with Gasteiger partial charge in [0.05, 0.1) is 0 Å². The molecule has 0 spiro atoms. The molecule has 4 heteroatoms. The second kappa shape index (κ2) is 6.77. The summed E-state index contributed by atoms with van der Waals surface area (Å²) in [6, 6.07) is 11.2. The molecule has 0 amide bonds. The van der Waals surface area contributed by atoms with Gasteiger partial charge in [0, 0.05) is 36.6 Å². The van der Waals surface area contributed by atoms with E-state index in [1.165, 1.54) is 11.3 Å².